The predicted octanol–water partition coefficient (Wildman–Crippen LogP) is 0.662. The number of carbonyl (C=O) groups excluding carboxylic acids is 1. The van der Waals surface area contributed by atoms with Crippen molar-refractivity contribution < 1.29 is 17.6 Å². The number of furan rings is 1. The minimum Gasteiger partial charge on any atom is -0.467 e. The second-order valence-electron chi connectivity index (χ2n) is 4.81. The lowest BCUT2D eigenvalue weighted by atomic mass is 10.2. The van der Waals surface area contributed by atoms with E-state index in [0.29, 0.717) is 25.3 Å². The van der Waals surface area contributed by atoms with Crippen LogP contribution in [0.3, 0.4) is 0 Å². The molecule has 1 fully saturated rings. The molecule has 0 unspecified atom stereocenters. The maximum atomic E-state index is 12.3. The van der Waals surface area contributed by atoms with Gasteiger partial charge in [-0.3, -0.25) is 4.79 Å². The summed E-state index contributed by atoms with van der Waals surface area (Å²) in [6, 6.07) is 2.97. The molecule has 1 saturated heterocycles. The fraction of sp³-hybridized carbons (Fsp3) is 0.583. The van der Waals surface area contributed by atoms with Gasteiger partial charge in [0.25, 0.3) is 0 Å². The summed E-state index contributed by atoms with van der Waals surface area (Å²) < 4.78 is 29.7. The van der Waals surface area contributed by atoms with E-state index in [1.54, 1.807) is 25.4 Å². The predicted molar refractivity (Wildman–Crippen MR) is 69.8 cm³/mol. The molecule has 2 rings (SSSR count). The van der Waals surface area contributed by atoms with Crippen LogP contribution in [0.15, 0.2) is 22.8 Å². The van der Waals surface area contributed by atoms with Gasteiger partial charge >= 0.3 is 0 Å². The first-order valence-corrected chi connectivity index (χ1v) is 7.98. The third-order valence-electron chi connectivity index (χ3n) is 3.26. The fourth-order valence-electron chi connectivity index (χ4n) is 2.35. The quantitative estimate of drug-likeness (QED) is 0.815. The molecule has 1 aromatic heterocycles. The molecule has 6 nitrogen and oxygen atoms in total. The normalized spacial score (nSPS) is 20.6. The standard InChI is InChI=1S/C12H18N2O4S/c1-13(9-10-5-4-8-18-10)12(15)11-6-3-7-14(11)19(2,16)17/h4-5,8,11H,3,6-7,9H2,1-2H3/t11-/m1/s1. The van der Waals surface area contributed by atoms with Gasteiger partial charge in [0.15, 0.2) is 0 Å². The highest BCUT2D eigenvalue weighted by atomic mass is 32.2. The van der Waals surface area contributed by atoms with Gasteiger partial charge in [-0.2, -0.15) is 4.31 Å². The molecule has 0 bridgehead atoms. The van der Waals surface area contributed by atoms with Gasteiger partial charge in [0.05, 0.1) is 19.1 Å². The first-order chi connectivity index (χ1) is 8.89. The second kappa shape index (κ2) is 5.34. The van der Waals surface area contributed by atoms with E-state index in [0.717, 1.165) is 12.7 Å². The minimum absolute atomic E-state index is 0.181. The van der Waals surface area contributed by atoms with Gasteiger partial charge in [-0.15, -0.1) is 0 Å². The molecule has 106 valence electrons. The molecule has 0 aliphatic carbocycles. The Bertz CT molecular complexity index is 538. The summed E-state index contributed by atoms with van der Waals surface area (Å²) in [6.45, 7) is 0.768. The molecular formula is C12H18N2O4S. The van der Waals surface area contributed by atoms with Crippen LogP contribution in [-0.4, -0.2) is 49.4 Å². The summed E-state index contributed by atoms with van der Waals surface area (Å²) in [6.07, 6.45) is 3.99. The van der Waals surface area contributed by atoms with Gasteiger partial charge in [-0.1, -0.05) is 0 Å². The Balaban J connectivity index is 2.06. The van der Waals surface area contributed by atoms with Crippen LogP contribution in [0.2, 0.25) is 0 Å². The van der Waals surface area contributed by atoms with Crippen molar-refractivity contribution in [2.24, 2.45) is 0 Å². The van der Waals surface area contributed by atoms with Crippen LogP contribution in [0.1, 0.15) is 18.6 Å². The Hall–Kier alpha value is -1.34. The Morgan fingerprint density at radius 3 is 2.89 bits per heavy atom. The minimum atomic E-state index is -3.33. The highest BCUT2D eigenvalue weighted by Gasteiger charge is 2.37. The Morgan fingerprint density at radius 2 is 2.32 bits per heavy atom. The molecule has 0 spiro atoms. The number of carbonyl (C=O) groups is 1. The molecule has 0 N–H and O–H groups in total. The summed E-state index contributed by atoms with van der Waals surface area (Å²) in [5.41, 5.74) is 0. The number of nitrogens with zero attached hydrogens (tertiary/aromatic N) is 2. The summed E-state index contributed by atoms with van der Waals surface area (Å²) in [5, 5.41) is 0. The van der Waals surface area contributed by atoms with Crippen LogP contribution >= 0.6 is 0 Å². The second-order valence-corrected chi connectivity index (χ2v) is 6.74. The molecule has 1 aliphatic rings. The average molecular weight is 286 g/mol. The molecule has 1 aliphatic heterocycles. The van der Waals surface area contributed by atoms with Crippen LogP contribution in [0.4, 0.5) is 0 Å². The van der Waals surface area contributed by atoms with Crippen molar-refractivity contribution in [3.63, 3.8) is 0 Å². The van der Waals surface area contributed by atoms with Crippen molar-refractivity contribution in [1.29, 1.82) is 0 Å². The molecular weight excluding hydrogens is 268 g/mol. The SMILES string of the molecule is CN(Cc1ccco1)C(=O)[C@H]1CCCN1S(C)(=O)=O. The van der Waals surface area contributed by atoms with Crippen LogP contribution < -0.4 is 0 Å². The molecule has 1 atom stereocenters. The molecule has 19 heavy (non-hydrogen) atoms. The van der Waals surface area contributed by atoms with E-state index < -0.39 is 16.1 Å². The van der Waals surface area contributed by atoms with E-state index in [4.69, 9.17) is 4.42 Å². The summed E-state index contributed by atoms with van der Waals surface area (Å²) >= 11 is 0. The fourth-order valence-corrected chi connectivity index (χ4v) is 3.47. The van der Waals surface area contributed by atoms with Crippen LogP contribution in [-0.2, 0) is 21.4 Å². The average Bonchev–Trinajstić information content (AvgIpc) is 2.96. The monoisotopic (exact) mass is 286 g/mol. The molecule has 7 heteroatoms. The smallest absolute Gasteiger partial charge is 0.241 e. The topological polar surface area (TPSA) is 70.8 Å². The van der Waals surface area contributed by atoms with Crippen molar-refractivity contribution in [3.8, 4) is 0 Å². The molecule has 2 heterocycles. The molecule has 0 radical (unpaired) electrons. The number of hydrogen-bond donors (Lipinski definition) is 0. The lowest BCUT2D eigenvalue weighted by Crippen LogP contribution is -2.45. The summed E-state index contributed by atoms with van der Waals surface area (Å²) in [5.74, 6) is 0.499. The lowest BCUT2D eigenvalue weighted by Gasteiger charge is -2.25. The first-order valence-electron chi connectivity index (χ1n) is 6.14. The zero-order valence-corrected chi connectivity index (χ0v) is 11.9. The number of rotatable bonds is 4. The zero-order valence-electron chi connectivity index (χ0n) is 11.1. The Morgan fingerprint density at radius 1 is 1.58 bits per heavy atom. The third-order valence-corrected chi connectivity index (χ3v) is 4.55. The largest absolute Gasteiger partial charge is 0.467 e. The van der Waals surface area contributed by atoms with E-state index in [1.165, 1.54) is 9.21 Å². The highest BCUT2D eigenvalue weighted by Crippen LogP contribution is 2.22. The molecule has 0 aromatic carbocycles. The highest BCUT2D eigenvalue weighted by molar-refractivity contribution is 7.88. The number of likely N-dealkylation sites (N-methyl/N-ethyl adjacent to an activating group) is 1. The Labute approximate surface area is 113 Å². The summed E-state index contributed by atoms with van der Waals surface area (Å²) in [7, 11) is -1.67. The maximum Gasteiger partial charge on any atom is 0.241 e. The lowest BCUT2D eigenvalue weighted by molar-refractivity contribution is -0.134. The first kappa shape index (κ1) is 14.1. The maximum absolute atomic E-state index is 12.3. The zero-order chi connectivity index (χ0) is 14.0. The van der Waals surface area contributed by atoms with Crippen LogP contribution in [0, 0.1) is 0 Å². The van der Waals surface area contributed by atoms with E-state index in [1.807, 2.05) is 0 Å². The molecule has 1 aromatic rings. The number of sulfonamides is 1. The van der Waals surface area contributed by atoms with E-state index in [2.05, 4.69) is 0 Å². The van der Waals surface area contributed by atoms with Gasteiger partial charge < -0.3 is 9.32 Å². The van der Waals surface area contributed by atoms with Gasteiger partial charge in [0, 0.05) is 13.6 Å². The van der Waals surface area contributed by atoms with Crippen LogP contribution in [0.25, 0.3) is 0 Å². The Kier molecular flexibility index (Phi) is 3.96. The molecule has 1 amide bonds. The van der Waals surface area contributed by atoms with E-state index in [9.17, 15) is 13.2 Å². The molecule has 0 saturated carbocycles. The van der Waals surface area contributed by atoms with Crippen LogP contribution in [0.5, 0.6) is 0 Å². The van der Waals surface area contributed by atoms with E-state index >= 15 is 0 Å². The van der Waals surface area contributed by atoms with Crippen molar-refractivity contribution in [2.45, 2.75) is 25.4 Å². The van der Waals surface area contributed by atoms with Crippen molar-refractivity contribution in [3.05, 3.63) is 24.2 Å². The van der Waals surface area contributed by atoms with Crippen molar-refractivity contribution in [2.75, 3.05) is 19.8 Å². The third kappa shape index (κ3) is 3.16. The summed E-state index contributed by atoms with van der Waals surface area (Å²) in [4.78, 5) is 13.8. The number of hydrogen-bond acceptors (Lipinski definition) is 4. The van der Waals surface area contributed by atoms with E-state index in [-0.39, 0.29) is 5.91 Å². The number of amides is 1. The van der Waals surface area contributed by atoms with Crippen molar-refractivity contribution in [1.82, 2.24) is 9.21 Å². The van der Waals surface area contributed by atoms with Gasteiger partial charge in [0.2, 0.25) is 15.9 Å². The van der Waals surface area contributed by atoms with Gasteiger partial charge in [-0.05, 0) is 25.0 Å². The van der Waals surface area contributed by atoms with Crippen molar-refractivity contribution >= 4 is 15.9 Å². The van der Waals surface area contributed by atoms with Gasteiger partial charge in [-0.25, -0.2) is 8.42 Å². The van der Waals surface area contributed by atoms with Gasteiger partial charge in [0.1, 0.15) is 11.8 Å².